The number of esters is 1. The third-order valence-electron chi connectivity index (χ3n) is 7.31. The standard InChI is InChI=1S/C26H37N5O3/c1-3-30-21(15-18-9-10-19(25(27)28)16-23(18)30)12-11-20-7-5-14-31(20)24(32)17-29-13-6-8-22(29)26(33)34-4-2/h9-10,15-16,20,22H,3-8,11-14,17H2,1-2H3,(H3,27,28). The number of aryl methyl sites for hydroxylation is 2. The third kappa shape index (κ3) is 4.97. The maximum absolute atomic E-state index is 13.2. The van der Waals surface area contributed by atoms with Gasteiger partial charge in [-0.1, -0.05) is 12.1 Å². The van der Waals surface area contributed by atoms with Crippen molar-refractivity contribution in [2.24, 2.45) is 5.73 Å². The van der Waals surface area contributed by atoms with Crippen LogP contribution in [0.1, 0.15) is 57.2 Å². The smallest absolute Gasteiger partial charge is 0.323 e. The van der Waals surface area contributed by atoms with Gasteiger partial charge in [-0.25, -0.2) is 0 Å². The second-order valence-electron chi connectivity index (χ2n) is 9.37. The van der Waals surface area contributed by atoms with E-state index in [1.54, 1.807) is 0 Å². The van der Waals surface area contributed by atoms with Crippen LogP contribution in [0.4, 0.5) is 0 Å². The van der Waals surface area contributed by atoms with E-state index >= 15 is 0 Å². The number of likely N-dealkylation sites (tertiary alicyclic amines) is 2. The quantitative estimate of drug-likeness (QED) is 0.335. The van der Waals surface area contributed by atoms with Gasteiger partial charge >= 0.3 is 5.97 Å². The van der Waals surface area contributed by atoms with Gasteiger partial charge in [0.15, 0.2) is 0 Å². The average Bonchev–Trinajstić information content (AvgIpc) is 3.55. The van der Waals surface area contributed by atoms with Crippen molar-refractivity contribution < 1.29 is 14.3 Å². The second kappa shape index (κ2) is 10.6. The van der Waals surface area contributed by atoms with Crippen molar-refractivity contribution in [2.45, 2.75) is 71.0 Å². The lowest BCUT2D eigenvalue weighted by Crippen LogP contribution is -2.46. The first-order valence-corrected chi connectivity index (χ1v) is 12.6. The molecule has 2 aliphatic heterocycles. The zero-order chi connectivity index (χ0) is 24.2. The zero-order valence-corrected chi connectivity index (χ0v) is 20.4. The highest BCUT2D eigenvalue weighted by Crippen LogP contribution is 2.27. The van der Waals surface area contributed by atoms with Crippen molar-refractivity contribution in [1.82, 2.24) is 14.4 Å². The van der Waals surface area contributed by atoms with Crippen molar-refractivity contribution in [3.05, 3.63) is 35.5 Å². The summed E-state index contributed by atoms with van der Waals surface area (Å²) in [5, 5.41) is 8.89. The number of carbonyl (C=O) groups is 2. The predicted molar refractivity (Wildman–Crippen MR) is 133 cm³/mol. The minimum absolute atomic E-state index is 0.0793. The van der Waals surface area contributed by atoms with Crippen molar-refractivity contribution in [3.8, 4) is 0 Å². The van der Waals surface area contributed by atoms with E-state index in [1.807, 2.05) is 34.9 Å². The molecule has 1 aromatic heterocycles. The van der Waals surface area contributed by atoms with Crippen LogP contribution in [0.2, 0.25) is 0 Å². The fourth-order valence-electron chi connectivity index (χ4n) is 5.62. The normalized spacial score (nSPS) is 20.8. The Morgan fingerprint density at radius 2 is 1.94 bits per heavy atom. The van der Waals surface area contributed by atoms with Crippen LogP contribution in [0.3, 0.4) is 0 Å². The Labute approximate surface area is 201 Å². The zero-order valence-electron chi connectivity index (χ0n) is 20.4. The van der Waals surface area contributed by atoms with Gasteiger partial charge in [0.1, 0.15) is 11.9 Å². The Morgan fingerprint density at radius 1 is 1.15 bits per heavy atom. The minimum Gasteiger partial charge on any atom is -0.465 e. The number of nitrogens with two attached hydrogens (primary N) is 1. The Balaban J connectivity index is 1.41. The molecule has 8 nitrogen and oxygen atoms in total. The molecule has 34 heavy (non-hydrogen) atoms. The summed E-state index contributed by atoms with van der Waals surface area (Å²) in [5.41, 5.74) is 8.78. The fraction of sp³-hybridized carbons (Fsp3) is 0.577. The third-order valence-corrected chi connectivity index (χ3v) is 7.31. The molecule has 2 atom stereocenters. The lowest BCUT2D eigenvalue weighted by molar-refractivity contribution is -0.149. The highest BCUT2D eigenvalue weighted by atomic mass is 16.5. The van der Waals surface area contributed by atoms with Crippen LogP contribution in [0.15, 0.2) is 24.3 Å². The SMILES string of the molecule is CCOC(=O)C1CCCN1CC(=O)N1CCCC1CCc1cc2ccc(C(=N)N)cc2n1CC. The summed E-state index contributed by atoms with van der Waals surface area (Å²) in [4.78, 5) is 29.5. The van der Waals surface area contributed by atoms with Gasteiger partial charge in [-0.05, 0) is 76.4 Å². The number of fused-ring (bicyclic) bond motifs is 1. The molecule has 0 saturated carbocycles. The molecule has 3 heterocycles. The van der Waals surface area contributed by atoms with E-state index in [0.717, 1.165) is 74.6 Å². The molecule has 4 rings (SSSR count). The summed E-state index contributed by atoms with van der Waals surface area (Å²) in [6, 6.07) is 8.08. The topological polar surface area (TPSA) is 105 Å². The highest BCUT2D eigenvalue weighted by molar-refractivity contribution is 5.98. The molecule has 0 spiro atoms. The van der Waals surface area contributed by atoms with Crippen molar-refractivity contribution in [2.75, 3.05) is 26.2 Å². The fourth-order valence-corrected chi connectivity index (χ4v) is 5.62. The Hall–Kier alpha value is -2.87. The number of rotatable bonds is 9. The van der Waals surface area contributed by atoms with E-state index in [-0.39, 0.29) is 29.8 Å². The van der Waals surface area contributed by atoms with Crippen molar-refractivity contribution in [3.63, 3.8) is 0 Å². The van der Waals surface area contributed by atoms with E-state index in [1.165, 1.54) is 5.69 Å². The van der Waals surface area contributed by atoms with E-state index in [0.29, 0.717) is 13.2 Å². The molecule has 1 aromatic carbocycles. The molecule has 1 amide bonds. The van der Waals surface area contributed by atoms with Gasteiger partial charge < -0.3 is 19.9 Å². The van der Waals surface area contributed by atoms with Crippen LogP contribution in [0.5, 0.6) is 0 Å². The number of hydrogen-bond donors (Lipinski definition) is 2. The summed E-state index contributed by atoms with van der Waals surface area (Å²) in [5.74, 6) is 0.00235. The van der Waals surface area contributed by atoms with E-state index in [2.05, 4.69) is 17.6 Å². The molecule has 0 aliphatic carbocycles. The van der Waals surface area contributed by atoms with Gasteiger partial charge in [-0.15, -0.1) is 0 Å². The van der Waals surface area contributed by atoms with Crippen LogP contribution in [-0.2, 0) is 27.3 Å². The van der Waals surface area contributed by atoms with Gasteiger partial charge in [0.05, 0.1) is 13.2 Å². The van der Waals surface area contributed by atoms with Crippen LogP contribution < -0.4 is 5.73 Å². The second-order valence-corrected chi connectivity index (χ2v) is 9.37. The summed E-state index contributed by atoms with van der Waals surface area (Å²) < 4.78 is 7.50. The van der Waals surface area contributed by atoms with Gasteiger partial charge in [0, 0.05) is 35.9 Å². The molecule has 2 saturated heterocycles. The molecule has 2 unspecified atom stereocenters. The molecule has 184 valence electrons. The first kappa shape index (κ1) is 24.3. The molecular formula is C26H37N5O3. The first-order valence-electron chi connectivity index (χ1n) is 12.6. The van der Waals surface area contributed by atoms with Crippen LogP contribution in [-0.4, -0.2) is 70.4 Å². The van der Waals surface area contributed by atoms with E-state index in [4.69, 9.17) is 15.9 Å². The lowest BCUT2D eigenvalue weighted by Gasteiger charge is -2.29. The number of amides is 1. The van der Waals surface area contributed by atoms with Crippen LogP contribution in [0.25, 0.3) is 10.9 Å². The lowest BCUT2D eigenvalue weighted by atomic mass is 10.1. The number of nitrogens with one attached hydrogen (secondary N) is 1. The summed E-state index contributed by atoms with van der Waals surface area (Å²) in [6.45, 7) is 7.02. The van der Waals surface area contributed by atoms with Crippen molar-refractivity contribution >= 4 is 28.6 Å². The summed E-state index contributed by atoms with van der Waals surface area (Å²) in [6.07, 6.45) is 5.55. The number of aromatic nitrogens is 1. The molecule has 3 N–H and O–H groups in total. The highest BCUT2D eigenvalue weighted by Gasteiger charge is 2.36. The number of benzene rings is 1. The van der Waals surface area contributed by atoms with Gasteiger partial charge in [0.2, 0.25) is 5.91 Å². The largest absolute Gasteiger partial charge is 0.465 e. The first-order chi connectivity index (χ1) is 16.4. The summed E-state index contributed by atoms with van der Waals surface area (Å²) in [7, 11) is 0. The monoisotopic (exact) mass is 467 g/mol. The molecule has 2 aromatic rings. The average molecular weight is 468 g/mol. The van der Waals surface area contributed by atoms with E-state index < -0.39 is 0 Å². The summed E-state index contributed by atoms with van der Waals surface area (Å²) >= 11 is 0. The van der Waals surface area contributed by atoms with Gasteiger partial charge in [-0.2, -0.15) is 0 Å². The minimum atomic E-state index is -0.287. The molecule has 2 aliphatic rings. The molecule has 0 bridgehead atoms. The molecular weight excluding hydrogens is 430 g/mol. The maximum Gasteiger partial charge on any atom is 0.323 e. The van der Waals surface area contributed by atoms with Gasteiger partial charge in [0.25, 0.3) is 0 Å². The Bertz CT molecular complexity index is 1060. The van der Waals surface area contributed by atoms with Crippen LogP contribution in [0, 0.1) is 5.41 Å². The molecule has 0 radical (unpaired) electrons. The Morgan fingerprint density at radius 3 is 2.68 bits per heavy atom. The molecule has 2 fully saturated rings. The number of hydrogen-bond acceptors (Lipinski definition) is 5. The Kier molecular flexibility index (Phi) is 7.56. The molecule has 8 heteroatoms. The predicted octanol–water partition coefficient (Wildman–Crippen LogP) is 2.90. The number of carbonyl (C=O) groups excluding carboxylic acids is 2. The number of nitrogen functional groups attached to an aromatic ring is 1. The van der Waals surface area contributed by atoms with Crippen LogP contribution >= 0.6 is 0 Å². The van der Waals surface area contributed by atoms with E-state index in [9.17, 15) is 9.59 Å². The number of amidine groups is 1. The van der Waals surface area contributed by atoms with Crippen molar-refractivity contribution in [1.29, 1.82) is 5.41 Å². The number of nitrogens with zero attached hydrogens (tertiary/aromatic N) is 3. The van der Waals surface area contributed by atoms with Gasteiger partial charge in [-0.3, -0.25) is 19.9 Å². The number of ether oxygens (including phenoxy) is 1. The maximum atomic E-state index is 13.2.